The van der Waals surface area contributed by atoms with E-state index in [1.807, 2.05) is 27.7 Å². The number of nitro benzene ring substituents is 1. The lowest BCUT2D eigenvalue weighted by molar-refractivity contribution is -0.384. The highest BCUT2D eigenvalue weighted by molar-refractivity contribution is 6.07. The lowest BCUT2D eigenvalue weighted by Crippen LogP contribution is -2.19. The molecule has 8 heteroatoms. The zero-order valence-electron chi connectivity index (χ0n) is 19.0. The summed E-state index contributed by atoms with van der Waals surface area (Å²) >= 11 is 0. The van der Waals surface area contributed by atoms with Gasteiger partial charge in [-0.3, -0.25) is 14.9 Å². The molecular weight excluding hydrogens is 412 g/mol. The SMILES string of the molecule is CCCc1ccc(OC(=O)OCC(C)C)c(C(=O)Nc2ccc([N+](=O)[O-])cc2CCC)c1. The maximum atomic E-state index is 13.1. The van der Waals surface area contributed by atoms with Gasteiger partial charge >= 0.3 is 6.16 Å². The summed E-state index contributed by atoms with van der Waals surface area (Å²) < 4.78 is 10.4. The molecule has 2 aromatic carbocycles. The van der Waals surface area contributed by atoms with Gasteiger partial charge in [0.2, 0.25) is 0 Å². The minimum Gasteiger partial charge on any atom is -0.434 e. The number of ether oxygens (including phenoxy) is 2. The molecule has 172 valence electrons. The van der Waals surface area contributed by atoms with Crippen LogP contribution in [0.2, 0.25) is 0 Å². The smallest absolute Gasteiger partial charge is 0.434 e. The number of nitro groups is 1. The lowest BCUT2D eigenvalue weighted by atomic mass is 10.0. The Morgan fingerprint density at radius 1 is 1.06 bits per heavy atom. The number of nitrogens with zero attached hydrogens (tertiary/aromatic N) is 1. The van der Waals surface area contributed by atoms with Gasteiger partial charge in [-0.1, -0.05) is 46.6 Å². The first-order chi connectivity index (χ1) is 15.2. The number of amides is 1. The van der Waals surface area contributed by atoms with Crippen LogP contribution < -0.4 is 10.1 Å². The second kappa shape index (κ2) is 11.8. The van der Waals surface area contributed by atoms with Crippen molar-refractivity contribution in [1.29, 1.82) is 0 Å². The Bertz CT molecular complexity index is 971. The number of nitrogens with one attached hydrogen (secondary N) is 1. The molecule has 0 aliphatic rings. The van der Waals surface area contributed by atoms with Crippen LogP contribution in [0.15, 0.2) is 36.4 Å². The predicted octanol–water partition coefficient (Wildman–Crippen LogP) is 5.92. The van der Waals surface area contributed by atoms with Crippen molar-refractivity contribution in [3.8, 4) is 5.75 Å². The molecule has 0 spiro atoms. The van der Waals surface area contributed by atoms with Crippen LogP contribution in [-0.4, -0.2) is 23.6 Å². The van der Waals surface area contributed by atoms with E-state index < -0.39 is 17.0 Å². The molecule has 2 rings (SSSR count). The van der Waals surface area contributed by atoms with Crippen LogP contribution in [0.5, 0.6) is 5.75 Å². The fourth-order valence-electron chi connectivity index (χ4n) is 3.12. The average molecular weight is 443 g/mol. The van der Waals surface area contributed by atoms with E-state index >= 15 is 0 Å². The van der Waals surface area contributed by atoms with Crippen LogP contribution in [-0.2, 0) is 17.6 Å². The van der Waals surface area contributed by atoms with Gasteiger partial charge in [0, 0.05) is 17.8 Å². The second-order valence-electron chi connectivity index (χ2n) is 7.94. The zero-order chi connectivity index (χ0) is 23.7. The third kappa shape index (κ3) is 7.08. The first-order valence-corrected chi connectivity index (χ1v) is 10.8. The molecule has 0 aromatic heterocycles. The summed E-state index contributed by atoms with van der Waals surface area (Å²) in [6.07, 6.45) is 2.10. The number of carbonyl (C=O) groups is 2. The topological polar surface area (TPSA) is 108 Å². The van der Waals surface area contributed by atoms with Crippen molar-refractivity contribution in [2.24, 2.45) is 5.92 Å². The van der Waals surface area contributed by atoms with Crippen LogP contribution in [0.4, 0.5) is 16.2 Å². The van der Waals surface area contributed by atoms with Crippen LogP contribution in [0.25, 0.3) is 0 Å². The summed E-state index contributed by atoms with van der Waals surface area (Å²) in [7, 11) is 0. The van der Waals surface area contributed by atoms with Gasteiger partial charge in [0.25, 0.3) is 11.6 Å². The molecule has 0 unspecified atom stereocenters. The lowest BCUT2D eigenvalue weighted by Gasteiger charge is -2.14. The number of aryl methyl sites for hydroxylation is 2. The molecule has 0 bridgehead atoms. The maximum Gasteiger partial charge on any atom is 0.513 e. The third-order valence-corrected chi connectivity index (χ3v) is 4.62. The van der Waals surface area contributed by atoms with Crippen molar-refractivity contribution in [3.05, 3.63) is 63.2 Å². The largest absolute Gasteiger partial charge is 0.513 e. The number of hydrogen-bond donors (Lipinski definition) is 1. The van der Waals surface area contributed by atoms with Crippen LogP contribution in [0, 0.1) is 16.0 Å². The van der Waals surface area contributed by atoms with Gasteiger partial charge in [-0.25, -0.2) is 4.79 Å². The van der Waals surface area contributed by atoms with E-state index in [0.717, 1.165) is 24.8 Å². The average Bonchev–Trinajstić information content (AvgIpc) is 2.74. The van der Waals surface area contributed by atoms with E-state index in [-0.39, 0.29) is 29.5 Å². The highest BCUT2D eigenvalue weighted by Crippen LogP contribution is 2.27. The molecule has 0 radical (unpaired) electrons. The Kier molecular flexibility index (Phi) is 9.19. The summed E-state index contributed by atoms with van der Waals surface area (Å²) in [6, 6.07) is 9.42. The summed E-state index contributed by atoms with van der Waals surface area (Å²) in [5.41, 5.74) is 2.24. The number of anilines is 1. The number of carbonyl (C=O) groups excluding carboxylic acids is 2. The fraction of sp³-hybridized carbons (Fsp3) is 0.417. The fourth-order valence-corrected chi connectivity index (χ4v) is 3.12. The molecule has 0 saturated heterocycles. The van der Waals surface area contributed by atoms with Crippen LogP contribution >= 0.6 is 0 Å². The van der Waals surface area contributed by atoms with Crippen molar-refractivity contribution >= 4 is 23.4 Å². The van der Waals surface area contributed by atoms with Crippen molar-refractivity contribution < 1.29 is 24.0 Å². The molecule has 0 fully saturated rings. The summed E-state index contributed by atoms with van der Waals surface area (Å²) in [5, 5.41) is 13.9. The van der Waals surface area contributed by atoms with Gasteiger partial charge in [0.15, 0.2) is 0 Å². The van der Waals surface area contributed by atoms with Crippen LogP contribution in [0.1, 0.15) is 62.0 Å². The van der Waals surface area contributed by atoms with Gasteiger partial charge in [-0.15, -0.1) is 0 Å². The summed E-state index contributed by atoms with van der Waals surface area (Å²) in [5.74, 6) is -0.229. The molecule has 0 aliphatic carbocycles. The number of rotatable bonds is 10. The number of hydrogen-bond acceptors (Lipinski definition) is 6. The molecule has 0 heterocycles. The zero-order valence-corrected chi connectivity index (χ0v) is 19.0. The minimum atomic E-state index is -0.877. The van der Waals surface area contributed by atoms with E-state index in [4.69, 9.17) is 9.47 Å². The number of non-ortho nitro benzene ring substituents is 1. The molecule has 0 aliphatic heterocycles. The maximum absolute atomic E-state index is 13.1. The van der Waals surface area contributed by atoms with Crippen LogP contribution in [0.3, 0.4) is 0 Å². The van der Waals surface area contributed by atoms with E-state index in [1.54, 1.807) is 18.2 Å². The molecule has 32 heavy (non-hydrogen) atoms. The van der Waals surface area contributed by atoms with Gasteiger partial charge in [-0.05, 0) is 48.1 Å². The molecule has 8 nitrogen and oxygen atoms in total. The van der Waals surface area contributed by atoms with Gasteiger partial charge in [-0.2, -0.15) is 0 Å². The van der Waals surface area contributed by atoms with Crippen molar-refractivity contribution in [2.45, 2.75) is 53.4 Å². The predicted molar refractivity (Wildman–Crippen MR) is 122 cm³/mol. The third-order valence-electron chi connectivity index (χ3n) is 4.62. The van der Waals surface area contributed by atoms with Gasteiger partial charge in [0.1, 0.15) is 5.75 Å². The summed E-state index contributed by atoms with van der Waals surface area (Å²) in [4.78, 5) is 35.8. The Hall–Kier alpha value is -3.42. The van der Waals surface area contributed by atoms with Crippen molar-refractivity contribution in [2.75, 3.05) is 11.9 Å². The molecule has 2 aromatic rings. The van der Waals surface area contributed by atoms with E-state index in [2.05, 4.69) is 5.32 Å². The second-order valence-corrected chi connectivity index (χ2v) is 7.94. The Morgan fingerprint density at radius 2 is 1.78 bits per heavy atom. The summed E-state index contributed by atoms with van der Waals surface area (Å²) in [6.45, 7) is 8.00. The number of benzene rings is 2. The molecule has 0 saturated carbocycles. The quantitative estimate of drug-likeness (QED) is 0.212. The van der Waals surface area contributed by atoms with Gasteiger partial charge in [0.05, 0.1) is 17.1 Å². The van der Waals surface area contributed by atoms with E-state index in [0.29, 0.717) is 17.7 Å². The Labute approximate surface area is 188 Å². The van der Waals surface area contributed by atoms with Gasteiger partial charge < -0.3 is 14.8 Å². The Morgan fingerprint density at radius 3 is 2.41 bits per heavy atom. The molecule has 0 atom stereocenters. The highest BCUT2D eigenvalue weighted by Gasteiger charge is 2.19. The van der Waals surface area contributed by atoms with Crippen molar-refractivity contribution in [1.82, 2.24) is 0 Å². The minimum absolute atomic E-state index is 0.0340. The first kappa shape index (κ1) is 24.8. The Balaban J connectivity index is 2.33. The standard InChI is InChI=1S/C24H30N2O6/c1-5-7-17-9-12-22(32-24(28)31-15-16(3)4)20(13-17)23(27)25-21-11-10-19(26(29)30)14-18(21)8-6-2/h9-14,16H,5-8,15H2,1-4H3,(H,25,27). The van der Waals surface area contributed by atoms with E-state index in [1.165, 1.54) is 18.2 Å². The van der Waals surface area contributed by atoms with E-state index in [9.17, 15) is 19.7 Å². The first-order valence-electron chi connectivity index (χ1n) is 10.8. The molecular formula is C24H30N2O6. The highest BCUT2D eigenvalue weighted by atomic mass is 16.7. The molecule has 1 amide bonds. The normalized spacial score (nSPS) is 10.7. The monoisotopic (exact) mass is 442 g/mol. The molecule has 1 N–H and O–H groups in total. The van der Waals surface area contributed by atoms with Crippen molar-refractivity contribution in [3.63, 3.8) is 0 Å².